The first-order valence-corrected chi connectivity index (χ1v) is 5.50. The van der Waals surface area contributed by atoms with Crippen LogP contribution in [0.25, 0.3) is 0 Å². The SMILES string of the molecule is CN=C(SC)N1CCSC1=N. The summed E-state index contributed by atoms with van der Waals surface area (Å²) in [5, 5.41) is 9.11. The Labute approximate surface area is 75.1 Å². The number of rotatable bonds is 0. The zero-order valence-corrected chi connectivity index (χ0v) is 8.26. The molecule has 1 rings (SSSR count). The van der Waals surface area contributed by atoms with Gasteiger partial charge in [0, 0.05) is 19.3 Å². The van der Waals surface area contributed by atoms with Gasteiger partial charge in [0.2, 0.25) is 0 Å². The molecule has 1 fully saturated rings. The first-order chi connectivity index (χ1) is 5.29. The van der Waals surface area contributed by atoms with Crippen LogP contribution in [0.3, 0.4) is 0 Å². The molecule has 0 aromatic rings. The Hall–Kier alpha value is -0.160. The minimum absolute atomic E-state index is 0.625. The van der Waals surface area contributed by atoms with Gasteiger partial charge >= 0.3 is 0 Å². The Morgan fingerprint density at radius 2 is 2.55 bits per heavy atom. The smallest absolute Gasteiger partial charge is 0.164 e. The summed E-state index contributed by atoms with van der Waals surface area (Å²) in [4.78, 5) is 6.03. The lowest BCUT2D eigenvalue weighted by atomic mass is 10.7. The van der Waals surface area contributed by atoms with Crippen LogP contribution in [0.1, 0.15) is 0 Å². The molecule has 5 heteroatoms. The molecule has 11 heavy (non-hydrogen) atoms. The van der Waals surface area contributed by atoms with E-state index in [4.69, 9.17) is 5.41 Å². The number of amidine groups is 2. The quantitative estimate of drug-likeness (QED) is 0.461. The Bertz CT molecular complexity index is 190. The highest BCUT2D eigenvalue weighted by molar-refractivity contribution is 8.15. The van der Waals surface area contributed by atoms with Crippen molar-refractivity contribution in [2.24, 2.45) is 4.99 Å². The second-order valence-corrected chi connectivity index (χ2v) is 3.87. The van der Waals surface area contributed by atoms with E-state index in [0.717, 1.165) is 17.5 Å². The van der Waals surface area contributed by atoms with E-state index >= 15 is 0 Å². The maximum absolute atomic E-state index is 7.54. The lowest BCUT2D eigenvalue weighted by Gasteiger charge is -2.16. The minimum atomic E-state index is 0.625. The van der Waals surface area contributed by atoms with Crippen molar-refractivity contribution >= 4 is 33.9 Å². The molecular formula is C6H11N3S2. The lowest BCUT2D eigenvalue weighted by Crippen LogP contribution is -2.28. The van der Waals surface area contributed by atoms with Crippen molar-refractivity contribution in [3.05, 3.63) is 0 Å². The summed E-state index contributed by atoms with van der Waals surface area (Å²) in [6, 6.07) is 0. The first kappa shape index (κ1) is 8.93. The molecule has 1 aliphatic heterocycles. The third-order valence-electron chi connectivity index (χ3n) is 1.40. The molecule has 0 spiro atoms. The summed E-state index contributed by atoms with van der Waals surface area (Å²) in [6.45, 7) is 0.928. The van der Waals surface area contributed by atoms with E-state index in [-0.39, 0.29) is 0 Å². The molecule has 0 aliphatic carbocycles. The number of nitrogens with one attached hydrogen (secondary N) is 1. The summed E-state index contributed by atoms with van der Waals surface area (Å²) in [6.07, 6.45) is 1.98. The second-order valence-electron chi connectivity index (χ2n) is 2.02. The van der Waals surface area contributed by atoms with E-state index in [0.29, 0.717) is 5.17 Å². The molecule has 3 nitrogen and oxygen atoms in total. The zero-order valence-electron chi connectivity index (χ0n) is 6.63. The maximum Gasteiger partial charge on any atom is 0.164 e. The van der Waals surface area contributed by atoms with E-state index in [2.05, 4.69) is 4.99 Å². The van der Waals surface area contributed by atoms with Gasteiger partial charge in [-0.05, 0) is 6.26 Å². The zero-order chi connectivity index (χ0) is 8.27. The highest BCUT2D eigenvalue weighted by Crippen LogP contribution is 2.19. The standard InChI is InChI=1S/C6H11N3S2/c1-8-6(10-2)9-3-4-11-5(9)7/h7H,3-4H2,1-2H3. The molecular weight excluding hydrogens is 178 g/mol. The summed E-state index contributed by atoms with van der Waals surface area (Å²) >= 11 is 3.17. The van der Waals surface area contributed by atoms with Crippen LogP contribution in [-0.4, -0.2) is 40.8 Å². The van der Waals surface area contributed by atoms with E-state index in [9.17, 15) is 0 Å². The molecule has 0 aromatic carbocycles. The Balaban J connectivity index is 2.65. The van der Waals surface area contributed by atoms with E-state index < -0.39 is 0 Å². The Kier molecular flexibility index (Phi) is 3.26. The number of hydrogen-bond acceptors (Lipinski definition) is 4. The van der Waals surface area contributed by atoms with Crippen LogP contribution >= 0.6 is 23.5 Å². The molecule has 1 saturated heterocycles. The van der Waals surface area contributed by atoms with Crippen molar-refractivity contribution in [3.63, 3.8) is 0 Å². The Morgan fingerprint density at radius 3 is 2.91 bits per heavy atom. The van der Waals surface area contributed by atoms with Crippen LogP contribution in [0.15, 0.2) is 4.99 Å². The van der Waals surface area contributed by atoms with Gasteiger partial charge in [0.15, 0.2) is 10.3 Å². The number of thioether (sulfide) groups is 2. The van der Waals surface area contributed by atoms with Crippen molar-refractivity contribution in [3.8, 4) is 0 Å². The van der Waals surface area contributed by atoms with Crippen LogP contribution in [0, 0.1) is 5.41 Å². The van der Waals surface area contributed by atoms with Gasteiger partial charge in [-0.2, -0.15) is 0 Å². The van der Waals surface area contributed by atoms with Gasteiger partial charge in [0.25, 0.3) is 0 Å². The fourth-order valence-electron chi connectivity index (χ4n) is 0.918. The van der Waals surface area contributed by atoms with Gasteiger partial charge in [-0.1, -0.05) is 23.5 Å². The van der Waals surface area contributed by atoms with Crippen LogP contribution in [0.5, 0.6) is 0 Å². The first-order valence-electron chi connectivity index (χ1n) is 3.29. The van der Waals surface area contributed by atoms with Gasteiger partial charge in [-0.15, -0.1) is 0 Å². The van der Waals surface area contributed by atoms with E-state index in [1.54, 1.807) is 30.6 Å². The average molecular weight is 189 g/mol. The van der Waals surface area contributed by atoms with Crippen molar-refractivity contribution in [2.75, 3.05) is 25.6 Å². The lowest BCUT2D eigenvalue weighted by molar-refractivity contribution is 0.685. The Morgan fingerprint density at radius 1 is 1.82 bits per heavy atom. The summed E-state index contributed by atoms with van der Waals surface area (Å²) in [5.74, 6) is 1.01. The number of aliphatic imine (C=N–C) groups is 1. The molecule has 1 aliphatic rings. The summed E-state index contributed by atoms with van der Waals surface area (Å²) in [5.41, 5.74) is 0. The molecule has 1 N–H and O–H groups in total. The van der Waals surface area contributed by atoms with Crippen LogP contribution in [0.2, 0.25) is 0 Å². The largest absolute Gasteiger partial charge is 0.300 e. The average Bonchev–Trinajstić information content (AvgIpc) is 2.40. The maximum atomic E-state index is 7.54. The molecule has 0 atom stereocenters. The molecule has 0 unspecified atom stereocenters. The highest BCUT2D eigenvalue weighted by atomic mass is 32.2. The van der Waals surface area contributed by atoms with Crippen molar-refractivity contribution in [1.82, 2.24) is 4.90 Å². The third-order valence-corrected chi connectivity index (χ3v) is 3.05. The van der Waals surface area contributed by atoms with Crippen LogP contribution in [-0.2, 0) is 0 Å². The summed E-state index contributed by atoms with van der Waals surface area (Å²) < 4.78 is 0. The van der Waals surface area contributed by atoms with E-state index in [1.807, 2.05) is 11.2 Å². The van der Waals surface area contributed by atoms with Crippen LogP contribution < -0.4 is 0 Å². The summed E-state index contributed by atoms with van der Waals surface area (Å²) in [7, 11) is 1.77. The number of nitrogens with zero attached hydrogens (tertiary/aromatic N) is 2. The van der Waals surface area contributed by atoms with Crippen molar-refractivity contribution < 1.29 is 0 Å². The molecule has 0 radical (unpaired) electrons. The van der Waals surface area contributed by atoms with Crippen molar-refractivity contribution in [1.29, 1.82) is 5.41 Å². The van der Waals surface area contributed by atoms with Crippen LogP contribution in [0.4, 0.5) is 0 Å². The van der Waals surface area contributed by atoms with Gasteiger partial charge in [0.1, 0.15) is 0 Å². The molecule has 1 heterocycles. The fraction of sp³-hybridized carbons (Fsp3) is 0.667. The molecule has 0 saturated carbocycles. The third kappa shape index (κ3) is 1.90. The molecule has 0 aromatic heterocycles. The van der Waals surface area contributed by atoms with Gasteiger partial charge in [-0.25, -0.2) is 0 Å². The van der Waals surface area contributed by atoms with Crippen molar-refractivity contribution in [2.45, 2.75) is 0 Å². The predicted octanol–water partition coefficient (Wildman–Crippen LogP) is 1.32. The fourth-order valence-corrected chi connectivity index (χ4v) is 2.36. The van der Waals surface area contributed by atoms with Gasteiger partial charge < -0.3 is 0 Å². The normalized spacial score (nSPS) is 19.6. The minimum Gasteiger partial charge on any atom is -0.300 e. The molecule has 62 valence electrons. The molecule has 0 bridgehead atoms. The van der Waals surface area contributed by atoms with Gasteiger partial charge in [0.05, 0.1) is 0 Å². The predicted molar refractivity (Wildman–Crippen MR) is 53.8 cm³/mol. The van der Waals surface area contributed by atoms with Gasteiger partial charge in [-0.3, -0.25) is 15.3 Å². The highest BCUT2D eigenvalue weighted by Gasteiger charge is 2.21. The van der Waals surface area contributed by atoms with E-state index in [1.165, 1.54) is 0 Å². The monoisotopic (exact) mass is 189 g/mol. The second kappa shape index (κ2) is 4.01. The topological polar surface area (TPSA) is 39.5 Å². The number of hydrogen-bond donors (Lipinski definition) is 1. The molecule has 0 amide bonds.